The van der Waals surface area contributed by atoms with Crippen LogP contribution in [0, 0.1) is 5.82 Å². The zero-order valence-corrected chi connectivity index (χ0v) is 11.9. The zero-order chi connectivity index (χ0) is 15.1. The summed E-state index contributed by atoms with van der Waals surface area (Å²) < 4.78 is 13.9. The van der Waals surface area contributed by atoms with Gasteiger partial charge in [0.15, 0.2) is 0 Å². The van der Waals surface area contributed by atoms with Crippen LogP contribution in [0.3, 0.4) is 0 Å². The number of anilines is 1. The van der Waals surface area contributed by atoms with Crippen LogP contribution >= 0.6 is 0 Å². The standard InChI is InChI=1S/C19H14FNO/c20-17-10-9-16(14-6-2-3-7-15(14)17)19(22)21-12-11-13-5-1-4-8-18(13)21/h1-10H,11-12H2. The van der Waals surface area contributed by atoms with Gasteiger partial charge < -0.3 is 4.90 Å². The number of carbonyl (C=O) groups excluding carboxylic acids is 1. The van der Waals surface area contributed by atoms with Gasteiger partial charge in [-0.1, -0.05) is 42.5 Å². The third kappa shape index (κ3) is 1.90. The van der Waals surface area contributed by atoms with Crippen molar-refractivity contribution in [3.05, 3.63) is 77.6 Å². The lowest BCUT2D eigenvalue weighted by molar-refractivity contribution is 0.0991. The van der Waals surface area contributed by atoms with Crippen molar-refractivity contribution in [1.82, 2.24) is 0 Å². The summed E-state index contributed by atoms with van der Waals surface area (Å²) in [6.45, 7) is 0.671. The van der Waals surface area contributed by atoms with E-state index in [-0.39, 0.29) is 11.7 Å². The Morgan fingerprint density at radius 3 is 2.50 bits per heavy atom. The molecule has 1 aliphatic heterocycles. The maximum Gasteiger partial charge on any atom is 0.258 e. The van der Waals surface area contributed by atoms with Crippen LogP contribution < -0.4 is 4.90 Å². The van der Waals surface area contributed by atoms with Gasteiger partial charge in [0.1, 0.15) is 5.82 Å². The lowest BCUT2D eigenvalue weighted by atomic mass is 10.0. The van der Waals surface area contributed by atoms with E-state index in [1.807, 2.05) is 30.3 Å². The van der Waals surface area contributed by atoms with Gasteiger partial charge in [-0.3, -0.25) is 4.79 Å². The summed E-state index contributed by atoms with van der Waals surface area (Å²) in [5, 5.41) is 1.15. The predicted molar refractivity (Wildman–Crippen MR) is 85.7 cm³/mol. The summed E-state index contributed by atoms with van der Waals surface area (Å²) in [6, 6.07) is 18.0. The second-order valence-corrected chi connectivity index (χ2v) is 5.48. The fourth-order valence-corrected chi connectivity index (χ4v) is 3.14. The molecule has 3 heteroatoms. The summed E-state index contributed by atoms with van der Waals surface area (Å²) in [4.78, 5) is 14.7. The van der Waals surface area contributed by atoms with E-state index in [1.165, 1.54) is 11.6 Å². The molecule has 108 valence electrons. The molecule has 0 bridgehead atoms. The maximum absolute atomic E-state index is 13.9. The minimum atomic E-state index is -0.297. The molecule has 0 spiro atoms. The van der Waals surface area contributed by atoms with Gasteiger partial charge in [0.2, 0.25) is 0 Å². The fraction of sp³-hybridized carbons (Fsp3) is 0.105. The van der Waals surface area contributed by atoms with Gasteiger partial charge in [0.05, 0.1) is 0 Å². The van der Waals surface area contributed by atoms with Crippen LogP contribution in [0.25, 0.3) is 10.8 Å². The molecular formula is C19H14FNO. The number of para-hydroxylation sites is 1. The number of hydrogen-bond acceptors (Lipinski definition) is 1. The van der Waals surface area contributed by atoms with E-state index in [0.29, 0.717) is 22.9 Å². The minimum absolute atomic E-state index is 0.0684. The van der Waals surface area contributed by atoms with Crippen LogP contribution in [0.4, 0.5) is 10.1 Å². The Morgan fingerprint density at radius 2 is 1.64 bits per heavy atom. The number of fused-ring (bicyclic) bond motifs is 2. The molecule has 22 heavy (non-hydrogen) atoms. The van der Waals surface area contributed by atoms with Crippen molar-refractivity contribution in [2.24, 2.45) is 0 Å². The van der Waals surface area contributed by atoms with E-state index < -0.39 is 0 Å². The number of halogens is 1. The molecule has 1 amide bonds. The number of amides is 1. The number of rotatable bonds is 1. The van der Waals surface area contributed by atoms with Crippen LogP contribution in [0.5, 0.6) is 0 Å². The molecule has 0 radical (unpaired) electrons. The molecule has 3 aromatic rings. The van der Waals surface area contributed by atoms with E-state index in [9.17, 15) is 9.18 Å². The second kappa shape index (κ2) is 4.95. The highest BCUT2D eigenvalue weighted by Gasteiger charge is 2.26. The number of carbonyl (C=O) groups is 1. The largest absolute Gasteiger partial charge is 0.308 e. The van der Waals surface area contributed by atoms with Gasteiger partial charge in [-0.25, -0.2) is 4.39 Å². The average molecular weight is 291 g/mol. The van der Waals surface area contributed by atoms with E-state index in [1.54, 1.807) is 29.2 Å². The van der Waals surface area contributed by atoms with E-state index in [0.717, 1.165) is 12.1 Å². The van der Waals surface area contributed by atoms with Crippen molar-refractivity contribution in [1.29, 1.82) is 0 Å². The monoisotopic (exact) mass is 291 g/mol. The van der Waals surface area contributed by atoms with Gasteiger partial charge in [0, 0.05) is 23.2 Å². The van der Waals surface area contributed by atoms with Crippen LogP contribution in [0.2, 0.25) is 0 Å². The Labute approximate surface area is 127 Å². The molecule has 0 aliphatic carbocycles. The average Bonchev–Trinajstić information content (AvgIpc) is 2.99. The quantitative estimate of drug-likeness (QED) is 0.658. The van der Waals surface area contributed by atoms with E-state index in [4.69, 9.17) is 0 Å². The zero-order valence-electron chi connectivity index (χ0n) is 11.9. The predicted octanol–water partition coefficient (Wildman–Crippen LogP) is 4.18. The molecule has 0 atom stereocenters. The molecule has 0 fully saturated rings. The Balaban J connectivity index is 1.84. The molecule has 0 N–H and O–H groups in total. The Kier molecular flexibility index (Phi) is 2.93. The maximum atomic E-state index is 13.9. The summed E-state index contributed by atoms with van der Waals surface area (Å²) in [5.41, 5.74) is 2.69. The number of benzene rings is 3. The molecule has 0 saturated carbocycles. The minimum Gasteiger partial charge on any atom is -0.308 e. The lowest BCUT2D eigenvalue weighted by Crippen LogP contribution is -2.29. The normalized spacial score (nSPS) is 13.4. The molecular weight excluding hydrogens is 277 g/mol. The van der Waals surface area contributed by atoms with Crippen molar-refractivity contribution in [2.75, 3.05) is 11.4 Å². The van der Waals surface area contributed by atoms with Gasteiger partial charge in [-0.15, -0.1) is 0 Å². The van der Waals surface area contributed by atoms with Gasteiger partial charge in [-0.05, 0) is 35.6 Å². The van der Waals surface area contributed by atoms with Gasteiger partial charge in [0.25, 0.3) is 5.91 Å². The van der Waals surface area contributed by atoms with Crippen molar-refractivity contribution in [3.8, 4) is 0 Å². The van der Waals surface area contributed by atoms with E-state index >= 15 is 0 Å². The molecule has 0 saturated heterocycles. The molecule has 2 nitrogen and oxygen atoms in total. The summed E-state index contributed by atoms with van der Waals surface area (Å²) in [6.07, 6.45) is 0.862. The Morgan fingerprint density at radius 1 is 0.909 bits per heavy atom. The molecule has 0 unspecified atom stereocenters. The van der Waals surface area contributed by atoms with Crippen LogP contribution in [0.1, 0.15) is 15.9 Å². The van der Waals surface area contributed by atoms with Crippen molar-refractivity contribution < 1.29 is 9.18 Å². The molecule has 1 heterocycles. The number of nitrogens with zero attached hydrogens (tertiary/aromatic N) is 1. The van der Waals surface area contributed by atoms with Gasteiger partial charge in [-0.2, -0.15) is 0 Å². The van der Waals surface area contributed by atoms with Crippen molar-refractivity contribution in [3.63, 3.8) is 0 Å². The van der Waals surface area contributed by atoms with Crippen LogP contribution in [-0.4, -0.2) is 12.5 Å². The number of hydrogen-bond donors (Lipinski definition) is 0. The summed E-state index contributed by atoms with van der Waals surface area (Å²) in [5.74, 6) is -0.366. The Bertz CT molecular complexity index is 887. The first-order valence-corrected chi connectivity index (χ1v) is 7.33. The van der Waals surface area contributed by atoms with Crippen molar-refractivity contribution >= 4 is 22.4 Å². The highest BCUT2D eigenvalue weighted by atomic mass is 19.1. The third-order valence-electron chi connectivity index (χ3n) is 4.23. The Hall–Kier alpha value is -2.68. The van der Waals surface area contributed by atoms with Crippen LogP contribution in [0.15, 0.2) is 60.7 Å². The summed E-state index contributed by atoms with van der Waals surface area (Å²) in [7, 11) is 0. The molecule has 4 rings (SSSR count). The topological polar surface area (TPSA) is 20.3 Å². The first kappa shape index (κ1) is 13.0. The summed E-state index contributed by atoms with van der Waals surface area (Å²) >= 11 is 0. The molecule has 0 aromatic heterocycles. The second-order valence-electron chi connectivity index (χ2n) is 5.48. The SMILES string of the molecule is O=C(c1ccc(F)c2ccccc12)N1CCc2ccccc21. The third-order valence-corrected chi connectivity index (χ3v) is 4.23. The fourth-order valence-electron chi connectivity index (χ4n) is 3.14. The first-order chi connectivity index (χ1) is 10.8. The highest BCUT2D eigenvalue weighted by molar-refractivity contribution is 6.14. The lowest BCUT2D eigenvalue weighted by Gasteiger charge is -2.18. The van der Waals surface area contributed by atoms with E-state index in [2.05, 4.69) is 0 Å². The first-order valence-electron chi connectivity index (χ1n) is 7.33. The molecule has 1 aliphatic rings. The van der Waals surface area contributed by atoms with Gasteiger partial charge >= 0.3 is 0 Å². The highest BCUT2D eigenvalue weighted by Crippen LogP contribution is 2.31. The smallest absolute Gasteiger partial charge is 0.258 e. The van der Waals surface area contributed by atoms with Crippen molar-refractivity contribution in [2.45, 2.75) is 6.42 Å². The van der Waals surface area contributed by atoms with Crippen LogP contribution in [-0.2, 0) is 6.42 Å². The molecule has 3 aromatic carbocycles.